The minimum Gasteiger partial charge on any atom is -0.383 e. The van der Waals surface area contributed by atoms with E-state index < -0.39 is 0 Å². The summed E-state index contributed by atoms with van der Waals surface area (Å²) in [5.41, 5.74) is 8.75. The van der Waals surface area contributed by atoms with Crippen LogP contribution in [0.1, 0.15) is 0 Å². The van der Waals surface area contributed by atoms with Gasteiger partial charge in [0.05, 0.1) is 23.8 Å². The van der Waals surface area contributed by atoms with E-state index in [9.17, 15) is 0 Å². The van der Waals surface area contributed by atoms with Crippen LogP contribution in [0.5, 0.6) is 0 Å². The van der Waals surface area contributed by atoms with E-state index in [1.165, 1.54) is 0 Å². The zero-order valence-corrected chi connectivity index (χ0v) is 10.1. The minimum absolute atomic E-state index is 0.500. The maximum absolute atomic E-state index is 5.95. The largest absolute Gasteiger partial charge is 0.383 e. The number of ether oxygens (including phenoxy) is 1. The molecule has 1 aromatic carbocycles. The number of hydrogen-bond donors (Lipinski definition) is 1. The number of fused-ring (bicyclic) bond motifs is 3. The van der Waals surface area contributed by atoms with Crippen LogP contribution in [-0.4, -0.2) is 28.3 Å². The van der Waals surface area contributed by atoms with Gasteiger partial charge in [0.25, 0.3) is 0 Å². The SMILES string of the molecule is COCCn1c(N)nc2cnc3ccccc3c21. The van der Waals surface area contributed by atoms with Crippen molar-refractivity contribution in [2.75, 3.05) is 19.5 Å². The van der Waals surface area contributed by atoms with E-state index in [-0.39, 0.29) is 0 Å². The standard InChI is InChI=1S/C13H14N4O/c1-18-7-6-17-12-9-4-2-3-5-10(9)15-8-11(12)16-13(17)14/h2-5,8H,6-7H2,1H3,(H2,14,16). The van der Waals surface area contributed by atoms with Crippen LogP contribution < -0.4 is 5.73 Å². The number of methoxy groups -OCH3 is 1. The van der Waals surface area contributed by atoms with Crippen LogP contribution in [0.2, 0.25) is 0 Å². The molecule has 0 saturated carbocycles. The van der Waals surface area contributed by atoms with E-state index in [1.807, 2.05) is 28.8 Å². The Morgan fingerprint density at radius 1 is 1.28 bits per heavy atom. The summed E-state index contributed by atoms with van der Waals surface area (Å²) >= 11 is 0. The lowest BCUT2D eigenvalue weighted by Crippen LogP contribution is -2.07. The maximum atomic E-state index is 5.95. The van der Waals surface area contributed by atoms with Crippen molar-refractivity contribution in [3.63, 3.8) is 0 Å². The number of benzene rings is 1. The number of nitrogens with zero attached hydrogens (tertiary/aromatic N) is 3. The Morgan fingerprint density at radius 2 is 2.11 bits per heavy atom. The van der Waals surface area contributed by atoms with E-state index in [4.69, 9.17) is 10.5 Å². The molecule has 0 unspecified atom stereocenters. The Bertz CT molecular complexity index is 705. The predicted molar refractivity (Wildman–Crippen MR) is 71.3 cm³/mol. The van der Waals surface area contributed by atoms with Crippen LogP contribution in [0.15, 0.2) is 30.5 Å². The molecule has 0 aliphatic rings. The topological polar surface area (TPSA) is 66.0 Å². The predicted octanol–water partition coefficient (Wildman–Crippen LogP) is 1.81. The van der Waals surface area contributed by atoms with Gasteiger partial charge in [-0.1, -0.05) is 18.2 Å². The second-order valence-corrected chi connectivity index (χ2v) is 4.12. The molecular formula is C13H14N4O. The second kappa shape index (κ2) is 4.27. The Balaban J connectivity index is 2.32. The highest BCUT2D eigenvalue weighted by Gasteiger charge is 2.11. The van der Waals surface area contributed by atoms with Gasteiger partial charge in [-0.25, -0.2) is 4.98 Å². The summed E-state index contributed by atoms with van der Waals surface area (Å²) in [5.74, 6) is 0.500. The van der Waals surface area contributed by atoms with Gasteiger partial charge in [0.2, 0.25) is 5.95 Å². The Labute approximate surface area is 104 Å². The number of nitrogens with two attached hydrogens (primary N) is 1. The molecule has 0 bridgehead atoms. The number of aromatic nitrogens is 3. The van der Waals surface area contributed by atoms with Gasteiger partial charge in [0.15, 0.2) is 0 Å². The van der Waals surface area contributed by atoms with E-state index in [0.29, 0.717) is 19.1 Å². The third-order valence-electron chi connectivity index (χ3n) is 3.03. The van der Waals surface area contributed by atoms with E-state index in [1.54, 1.807) is 13.3 Å². The average molecular weight is 242 g/mol. The lowest BCUT2D eigenvalue weighted by Gasteiger charge is -2.07. The molecule has 0 saturated heterocycles. The monoisotopic (exact) mass is 242 g/mol. The molecule has 0 spiro atoms. The van der Waals surface area contributed by atoms with E-state index in [0.717, 1.165) is 21.9 Å². The molecular weight excluding hydrogens is 228 g/mol. The molecule has 0 aliphatic heterocycles. The van der Waals surface area contributed by atoms with Crippen LogP contribution in [0.3, 0.4) is 0 Å². The summed E-state index contributed by atoms with van der Waals surface area (Å²) in [5, 5.41) is 1.07. The van der Waals surface area contributed by atoms with Gasteiger partial charge in [0, 0.05) is 19.0 Å². The first-order chi connectivity index (χ1) is 8.81. The van der Waals surface area contributed by atoms with Gasteiger partial charge in [-0.3, -0.25) is 4.98 Å². The number of hydrogen-bond acceptors (Lipinski definition) is 4. The highest BCUT2D eigenvalue weighted by Crippen LogP contribution is 2.25. The van der Waals surface area contributed by atoms with Crippen LogP contribution >= 0.6 is 0 Å². The minimum atomic E-state index is 0.500. The summed E-state index contributed by atoms with van der Waals surface area (Å²) in [6.07, 6.45) is 1.76. The molecule has 0 amide bonds. The van der Waals surface area contributed by atoms with Crippen molar-refractivity contribution in [2.45, 2.75) is 6.54 Å². The molecule has 2 heterocycles. The van der Waals surface area contributed by atoms with Crippen LogP contribution in [0.4, 0.5) is 5.95 Å². The zero-order chi connectivity index (χ0) is 12.5. The maximum Gasteiger partial charge on any atom is 0.201 e. The number of pyridine rings is 1. The van der Waals surface area contributed by atoms with Crippen molar-refractivity contribution in [1.82, 2.24) is 14.5 Å². The molecule has 0 aliphatic carbocycles. The van der Waals surface area contributed by atoms with Crippen molar-refractivity contribution >= 4 is 27.9 Å². The molecule has 5 nitrogen and oxygen atoms in total. The van der Waals surface area contributed by atoms with Crippen molar-refractivity contribution in [3.8, 4) is 0 Å². The number of rotatable bonds is 3. The fourth-order valence-corrected chi connectivity index (χ4v) is 2.19. The first kappa shape index (κ1) is 11.0. The molecule has 0 fully saturated rings. The Kier molecular flexibility index (Phi) is 2.60. The molecule has 3 aromatic rings. The molecule has 2 aromatic heterocycles. The van der Waals surface area contributed by atoms with Gasteiger partial charge in [-0.15, -0.1) is 0 Å². The number of anilines is 1. The van der Waals surface area contributed by atoms with Gasteiger partial charge in [-0.05, 0) is 6.07 Å². The van der Waals surface area contributed by atoms with Crippen molar-refractivity contribution in [2.24, 2.45) is 0 Å². The van der Waals surface area contributed by atoms with Crippen molar-refractivity contribution in [3.05, 3.63) is 30.5 Å². The molecule has 5 heteroatoms. The normalized spacial score (nSPS) is 11.4. The van der Waals surface area contributed by atoms with Crippen LogP contribution in [0.25, 0.3) is 21.9 Å². The second-order valence-electron chi connectivity index (χ2n) is 4.12. The van der Waals surface area contributed by atoms with E-state index in [2.05, 4.69) is 9.97 Å². The van der Waals surface area contributed by atoms with E-state index >= 15 is 0 Å². The summed E-state index contributed by atoms with van der Waals surface area (Å²) in [6, 6.07) is 7.99. The molecule has 0 atom stereocenters. The quantitative estimate of drug-likeness (QED) is 0.760. The van der Waals surface area contributed by atoms with Gasteiger partial charge < -0.3 is 15.0 Å². The highest BCUT2D eigenvalue weighted by atomic mass is 16.5. The van der Waals surface area contributed by atoms with Crippen molar-refractivity contribution in [1.29, 1.82) is 0 Å². The van der Waals surface area contributed by atoms with Gasteiger partial charge in [-0.2, -0.15) is 0 Å². The molecule has 0 radical (unpaired) electrons. The number of imidazole rings is 1. The summed E-state index contributed by atoms with van der Waals surface area (Å²) in [6.45, 7) is 1.29. The average Bonchev–Trinajstić information content (AvgIpc) is 2.72. The first-order valence-electron chi connectivity index (χ1n) is 5.79. The molecule has 2 N–H and O–H groups in total. The lowest BCUT2D eigenvalue weighted by atomic mass is 10.2. The zero-order valence-electron chi connectivity index (χ0n) is 10.1. The van der Waals surface area contributed by atoms with Crippen molar-refractivity contribution < 1.29 is 4.74 Å². The van der Waals surface area contributed by atoms with Crippen LogP contribution in [-0.2, 0) is 11.3 Å². The van der Waals surface area contributed by atoms with Crippen LogP contribution in [0, 0.1) is 0 Å². The smallest absolute Gasteiger partial charge is 0.201 e. The molecule has 3 rings (SSSR count). The Morgan fingerprint density at radius 3 is 2.94 bits per heavy atom. The molecule has 18 heavy (non-hydrogen) atoms. The highest BCUT2D eigenvalue weighted by molar-refractivity contribution is 6.02. The number of nitrogen functional groups attached to an aromatic ring is 1. The fraction of sp³-hybridized carbons (Fsp3) is 0.231. The first-order valence-corrected chi connectivity index (χ1v) is 5.79. The number of para-hydroxylation sites is 1. The third-order valence-corrected chi connectivity index (χ3v) is 3.03. The Hall–Kier alpha value is -2.14. The third kappa shape index (κ3) is 1.60. The summed E-state index contributed by atoms with van der Waals surface area (Å²) < 4.78 is 7.09. The summed E-state index contributed by atoms with van der Waals surface area (Å²) in [7, 11) is 1.68. The van der Waals surface area contributed by atoms with Gasteiger partial charge in [0.1, 0.15) is 5.52 Å². The summed E-state index contributed by atoms with van der Waals surface area (Å²) in [4.78, 5) is 8.72. The fourth-order valence-electron chi connectivity index (χ4n) is 2.19. The lowest BCUT2D eigenvalue weighted by molar-refractivity contribution is 0.189. The molecule has 92 valence electrons. The van der Waals surface area contributed by atoms with Gasteiger partial charge >= 0.3 is 0 Å².